The van der Waals surface area contributed by atoms with Crippen LogP contribution in [0.2, 0.25) is 0 Å². The Morgan fingerprint density at radius 3 is 2.27 bits per heavy atom. The molecule has 0 aromatic carbocycles. The topological polar surface area (TPSA) is 57.5 Å². The molecule has 10 atom stereocenters. The minimum absolute atomic E-state index is 0.0167. The van der Waals surface area contributed by atoms with E-state index in [-0.39, 0.29) is 46.3 Å². The molecule has 0 aliphatic heterocycles. The standard InChI is InChI=1S/C30H48O3/c1-18(2)19-10-15-30(25(32)33)17-16-28(6)20(24(19)30)8-9-22-27(5)13-12-23(31)26(3,4)21(27)11-14-29(22,28)7/h19-24,31H,1,8-17H2,2-7H3,(H,32,33)/t19-,20+,21-,22+,23+,24+,27-,28+,29+,30-/m0/s1/i12D2,23D. The molecule has 0 saturated heterocycles. The number of rotatable bonds is 2. The van der Waals surface area contributed by atoms with Crippen molar-refractivity contribution in [2.75, 3.05) is 0 Å². The van der Waals surface area contributed by atoms with Crippen molar-refractivity contribution in [3.8, 4) is 0 Å². The molecule has 33 heavy (non-hydrogen) atoms. The average Bonchev–Trinajstić information content (AvgIpc) is 3.14. The van der Waals surface area contributed by atoms with Gasteiger partial charge in [0.15, 0.2) is 0 Å². The molecule has 5 saturated carbocycles. The van der Waals surface area contributed by atoms with E-state index in [0.717, 1.165) is 56.9 Å². The lowest BCUT2D eigenvalue weighted by atomic mass is 9.32. The smallest absolute Gasteiger partial charge is 0.309 e. The van der Waals surface area contributed by atoms with Crippen molar-refractivity contribution in [1.82, 2.24) is 0 Å². The summed E-state index contributed by atoms with van der Waals surface area (Å²) in [6.45, 7) is 17.4. The quantitative estimate of drug-likeness (QED) is 0.433. The van der Waals surface area contributed by atoms with Crippen LogP contribution in [0.1, 0.15) is 110 Å². The van der Waals surface area contributed by atoms with Gasteiger partial charge in [0.1, 0.15) is 0 Å². The zero-order valence-electron chi connectivity index (χ0n) is 24.8. The minimum atomic E-state index is -2.12. The number of hydrogen-bond donors (Lipinski definition) is 2. The van der Waals surface area contributed by atoms with E-state index in [1.54, 1.807) is 0 Å². The van der Waals surface area contributed by atoms with Crippen molar-refractivity contribution in [3.05, 3.63) is 12.2 Å². The summed E-state index contributed by atoms with van der Waals surface area (Å²) in [5.41, 5.74) is -0.720. The fourth-order valence-electron chi connectivity index (χ4n) is 11.0. The van der Waals surface area contributed by atoms with Gasteiger partial charge in [0.05, 0.1) is 12.9 Å². The maximum Gasteiger partial charge on any atom is 0.309 e. The first-order valence-electron chi connectivity index (χ1n) is 14.9. The molecule has 5 rings (SSSR count). The lowest BCUT2D eigenvalue weighted by molar-refractivity contribution is -0.248. The third-order valence-electron chi connectivity index (χ3n) is 12.9. The predicted octanol–water partition coefficient (Wildman–Crippen LogP) is 7.09. The second-order valence-electron chi connectivity index (χ2n) is 14.1. The van der Waals surface area contributed by atoms with Gasteiger partial charge in [-0.05, 0) is 122 Å². The van der Waals surface area contributed by atoms with Crippen molar-refractivity contribution in [2.24, 2.45) is 56.7 Å². The summed E-state index contributed by atoms with van der Waals surface area (Å²) in [4.78, 5) is 12.8. The molecule has 0 unspecified atom stereocenters. The van der Waals surface area contributed by atoms with Crippen LogP contribution < -0.4 is 0 Å². The highest BCUT2D eigenvalue weighted by Gasteiger charge is 2.71. The molecule has 0 heterocycles. The minimum Gasteiger partial charge on any atom is -0.481 e. The van der Waals surface area contributed by atoms with Crippen LogP contribution in [-0.2, 0) is 4.79 Å². The van der Waals surface area contributed by atoms with E-state index in [1.807, 2.05) is 13.8 Å². The number of carbonyl (C=O) groups is 1. The molecule has 0 radical (unpaired) electrons. The van der Waals surface area contributed by atoms with Crippen LogP contribution in [0.5, 0.6) is 0 Å². The largest absolute Gasteiger partial charge is 0.481 e. The molecular formula is C30H48O3. The fourth-order valence-corrected chi connectivity index (χ4v) is 11.0. The van der Waals surface area contributed by atoms with E-state index in [2.05, 4.69) is 34.3 Å². The number of carboxylic acids is 1. The van der Waals surface area contributed by atoms with Crippen LogP contribution in [0.25, 0.3) is 0 Å². The lowest BCUT2D eigenvalue weighted by Crippen LogP contribution is -2.67. The second-order valence-corrected chi connectivity index (χ2v) is 14.1. The van der Waals surface area contributed by atoms with Crippen LogP contribution in [0.4, 0.5) is 0 Å². The van der Waals surface area contributed by atoms with Crippen molar-refractivity contribution in [3.63, 3.8) is 0 Å². The van der Waals surface area contributed by atoms with Gasteiger partial charge in [-0.25, -0.2) is 0 Å². The lowest BCUT2D eigenvalue weighted by Gasteiger charge is -2.72. The van der Waals surface area contributed by atoms with Crippen LogP contribution in [-0.4, -0.2) is 22.3 Å². The molecule has 2 N–H and O–H groups in total. The summed E-state index contributed by atoms with van der Waals surface area (Å²) in [7, 11) is 0. The summed E-state index contributed by atoms with van der Waals surface area (Å²) in [6.07, 6.45) is 3.27. The van der Waals surface area contributed by atoms with Crippen LogP contribution in [0, 0.1) is 56.7 Å². The Morgan fingerprint density at radius 2 is 1.64 bits per heavy atom. The highest BCUT2D eigenvalue weighted by Crippen LogP contribution is 2.77. The molecular weight excluding hydrogens is 408 g/mol. The Balaban J connectivity index is 1.59. The number of hydrogen-bond acceptors (Lipinski definition) is 2. The van der Waals surface area contributed by atoms with Gasteiger partial charge < -0.3 is 10.2 Å². The van der Waals surface area contributed by atoms with Gasteiger partial charge >= 0.3 is 5.97 Å². The van der Waals surface area contributed by atoms with Crippen molar-refractivity contribution in [1.29, 1.82) is 0 Å². The summed E-state index contributed by atoms with van der Waals surface area (Å²) in [6, 6.07) is 0. The van der Waals surface area contributed by atoms with Gasteiger partial charge in [-0.2, -0.15) is 0 Å². The maximum absolute atomic E-state index is 12.8. The van der Waals surface area contributed by atoms with E-state index in [9.17, 15) is 15.0 Å². The second kappa shape index (κ2) is 7.11. The molecule has 0 amide bonds. The molecule has 186 valence electrons. The summed E-state index contributed by atoms with van der Waals surface area (Å²) < 4.78 is 26.4. The molecule has 0 bridgehead atoms. The molecule has 5 fully saturated rings. The van der Waals surface area contributed by atoms with Gasteiger partial charge in [0.2, 0.25) is 0 Å². The Hall–Kier alpha value is -0.830. The fraction of sp³-hybridized carbons (Fsp3) is 0.900. The maximum atomic E-state index is 12.8. The molecule has 0 spiro atoms. The van der Waals surface area contributed by atoms with E-state index in [4.69, 9.17) is 4.11 Å². The van der Waals surface area contributed by atoms with Gasteiger partial charge in [0, 0.05) is 2.74 Å². The SMILES string of the molecule is [2H]C1([2H])C[C@]2(C)[C@H]3CC[C@@H]4[C@H]5[C@H](C(=C)C)CC[C@]5(C(=O)O)CC[C@@]4(C)[C@]3(C)CC[C@H]2C(C)(C)[C@]1([2H])O. The predicted molar refractivity (Wildman–Crippen MR) is 133 cm³/mol. The Morgan fingerprint density at radius 1 is 0.939 bits per heavy atom. The van der Waals surface area contributed by atoms with Crippen LogP contribution in [0.15, 0.2) is 12.2 Å². The summed E-state index contributed by atoms with van der Waals surface area (Å²) >= 11 is 0. The Kier molecular flexibility index (Phi) is 4.39. The van der Waals surface area contributed by atoms with Crippen molar-refractivity contribution >= 4 is 5.97 Å². The molecule has 0 aromatic rings. The summed E-state index contributed by atoms with van der Waals surface area (Å²) in [5, 5.41) is 21.7. The third-order valence-corrected chi connectivity index (χ3v) is 12.9. The van der Waals surface area contributed by atoms with E-state index in [0.29, 0.717) is 5.92 Å². The van der Waals surface area contributed by atoms with Gasteiger partial charge in [-0.3, -0.25) is 4.79 Å². The van der Waals surface area contributed by atoms with Crippen LogP contribution >= 0.6 is 0 Å². The van der Waals surface area contributed by atoms with Crippen molar-refractivity contribution in [2.45, 2.75) is 112 Å². The molecule has 3 heteroatoms. The van der Waals surface area contributed by atoms with E-state index in [1.165, 1.54) is 0 Å². The Bertz CT molecular complexity index is 990. The zero-order chi connectivity index (χ0) is 26.9. The molecule has 5 aliphatic rings. The van der Waals surface area contributed by atoms with Gasteiger partial charge in [0.25, 0.3) is 0 Å². The average molecular weight is 460 g/mol. The van der Waals surface area contributed by atoms with E-state index >= 15 is 0 Å². The monoisotopic (exact) mass is 459 g/mol. The first kappa shape index (κ1) is 20.4. The number of aliphatic carboxylic acids is 1. The molecule has 3 nitrogen and oxygen atoms in total. The highest BCUT2D eigenvalue weighted by molar-refractivity contribution is 5.76. The first-order valence-corrected chi connectivity index (χ1v) is 13.4. The highest BCUT2D eigenvalue weighted by atomic mass is 16.4. The van der Waals surface area contributed by atoms with E-state index < -0.39 is 29.3 Å². The Labute approximate surface area is 206 Å². The number of aliphatic hydroxyl groups is 1. The van der Waals surface area contributed by atoms with Gasteiger partial charge in [-0.15, -0.1) is 0 Å². The molecule has 0 aromatic heterocycles. The summed E-state index contributed by atoms with van der Waals surface area (Å²) in [5.74, 6) is 0.469. The van der Waals surface area contributed by atoms with Crippen molar-refractivity contribution < 1.29 is 19.1 Å². The molecule has 5 aliphatic carbocycles. The number of allylic oxidation sites excluding steroid dienone is 1. The third kappa shape index (κ3) is 2.75. The van der Waals surface area contributed by atoms with Crippen LogP contribution in [0.3, 0.4) is 0 Å². The normalized spacial score (nSPS) is 60.1. The number of carboxylic acid groups (broad SMARTS) is 1. The van der Waals surface area contributed by atoms with Gasteiger partial charge in [-0.1, -0.05) is 46.8 Å². The number of fused-ring (bicyclic) bond motifs is 7. The first-order chi connectivity index (χ1) is 16.3. The zero-order valence-corrected chi connectivity index (χ0v) is 21.8.